The molecule has 0 aromatic heterocycles. The zero-order valence-electron chi connectivity index (χ0n) is 14.7. The first-order valence-electron chi connectivity index (χ1n) is 8.08. The van der Waals surface area contributed by atoms with E-state index in [1.807, 2.05) is 38.4 Å². The van der Waals surface area contributed by atoms with Crippen molar-refractivity contribution in [2.45, 2.75) is 6.04 Å². The van der Waals surface area contributed by atoms with E-state index >= 15 is 0 Å². The molecule has 1 amide bonds. The maximum Gasteiger partial charge on any atom is 0.258 e. The molecule has 0 radical (unpaired) electrons. The highest BCUT2D eigenvalue weighted by Crippen LogP contribution is 2.15. The minimum absolute atomic E-state index is 0.107. The van der Waals surface area contributed by atoms with E-state index in [1.165, 1.54) is 29.2 Å². The van der Waals surface area contributed by atoms with Crippen molar-refractivity contribution in [2.75, 3.05) is 34.4 Å². The number of quaternary nitrogens is 1. The Morgan fingerprint density at radius 2 is 1.68 bits per heavy atom. The number of methoxy groups -OCH3 is 1. The molecule has 0 aliphatic rings. The summed E-state index contributed by atoms with van der Waals surface area (Å²) < 4.78 is 23.4. The smallest absolute Gasteiger partial charge is 0.258 e. The summed E-state index contributed by atoms with van der Waals surface area (Å²) in [4.78, 5) is 13.2. The van der Waals surface area contributed by atoms with Gasteiger partial charge in [0.05, 0.1) is 27.7 Å². The Kier molecular flexibility index (Phi) is 6.77. The molecule has 134 valence electrons. The quantitative estimate of drug-likeness (QED) is 0.755. The Labute approximate surface area is 147 Å². The van der Waals surface area contributed by atoms with Gasteiger partial charge in [0, 0.05) is 5.56 Å². The molecule has 2 aromatic rings. The lowest BCUT2D eigenvalue weighted by molar-refractivity contribution is -0.890. The van der Waals surface area contributed by atoms with Crippen LogP contribution in [0.25, 0.3) is 0 Å². The predicted molar refractivity (Wildman–Crippen MR) is 93.5 cm³/mol. The van der Waals surface area contributed by atoms with E-state index in [4.69, 9.17) is 9.47 Å². The monoisotopic (exact) mass is 347 g/mol. The summed E-state index contributed by atoms with van der Waals surface area (Å²) in [7, 11) is 5.71. The second-order valence-corrected chi connectivity index (χ2v) is 5.95. The number of likely N-dealkylation sites (N-methyl/N-ethyl adjacent to an activating group) is 1. The SMILES string of the molecule is COc1ccc([C@H](CNC(=O)COc2ccc(F)cc2)[NH+](C)C)cc1. The third kappa shape index (κ3) is 5.76. The minimum Gasteiger partial charge on any atom is -0.497 e. The zero-order valence-corrected chi connectivity index (χ0v) is 14.7. The minimum atomic E-state index is -0.340. The van der Waals surface area contributed by atoms with Crippen molar-refractivity contribution >= 4 is 5.91 Å². The zero-order chi connectivity index (χ0) is 18.2. The number of ether oxygens (including phenoxy) is 2. The van der Waals surface area contributed by atoms with Gasteiger partial charge in [-0.05, 0) is 48.5 Å². The molecule has 0 saturated heterocycles. The predicted octanol–water partition coefficient (Wildman–Crippen LogP) is 1.22. The molecule has 0 heterocycles. The van der Waals surface area contributed by atoms with Crippen LogP contribution in [0.5, 0.6) is 11.5 Å². The molecule has 0 bridgehead atoms. The average molecular weight is 347 g/mol. The van der Waals surface area contributed by atoms with E-state index in [2.05, 4.69) is 5.32 Å². The van der Waals surface area contributed by atoms with Crippen LogP contribution in [0.15, 0.2) is 48.5 Å². The van der Waals surface area contributed by atoms with Crippen molar-refractivity contribution in [3.05, 3.63) is 59.9 Å². The average Bonchev–Trinajstić information content (AvgIpc) is 2.61. The maximum atomic E-state index is 12.8. The van der Waals surface area contributed by atoms with E-state index in [9.17, 15) is 9.18 Å². The number of rotatable bonds is 8. The van der Waals surface area contributed by atoms with Crippen LogP contribution in [0.2, 0.25) is 0 Å². The molecule has 6 heteroatoms. The largest absolute Gasteiger partial charge is 0.497 e. The lowest BCUT2D eigenvalue weighted by atomic mass is 10.1. The van der Waals surface area contributed by atoms with E-state index in [1.54, 1.807) is 7.11 Å². The van der Waals surface area contributed by atoms with Crippen LogP contribution in [0.4, 0.5) is 4.39 Å². The summed E-state index contributed by atoms with van der Waals surface area (Å²) in [5, 5.41) is 2.88. The van der Waals surface area contributed by atoms with Gasteiger partial charge in [-0.3, -0.25) is 4.79 Å². The molecule has 0 unspecified atom stereocenters. The first-order chi connectivity index (χ1) is 12.0. The molecule has 2 N–H and O–H groups in total. The molecule has 1 atom stereocenters. The van der Waals surface area contributed by atoms with Crippen molar-refractivity contribution in [1.29, 1.82) is 0 Å². The normalized spacial score (nSPS) is 11.9. The van der Waals surface area contributed by atoms with E-state index in [-0.39, 0.29) is 24.4 Å². The van der Waals surface area contributed by atoms with Gasteiger partial charge in [0.25, 0.3) is 5.91 Å². The van der Waals surface area contributed by atoms with Gasteiger partial charge in [-0.15, -0.1) is 0 Å². The third-order valence-corrected chi connectivity index (χ3v) is 3.90. The summed E-state index contributed by atoms with van der Waals surface area (Å²) in [5.41, 5.74) is 1.11. The van der Waals surface area contributed by atoms with Crippen LogP contribution in [0.1, 0.15) is 11.6 Å². The number of halogens is 1. The Hall–Kier alpha value is -2.60. The van der Waals surface area contributed by atoms with Crippen LogP contribution in [0, 0.1) is 5.82 Å². The molecule has 5 nitrogen and oxygen atoms in total. The van der Waals surface area contributed by atoms with Crippen molar-refractivity contribution < 1.29 is 23.6 Å². The highest BCUT2D eigenvalue weighted by molar-refractivity contribution is 5.77. The van der Waals surface area contributed by atoms with E-state index in [0.717, 1.165) is 11.3 Å². The van der Waals surface area contributed by atoms with Crippen LogP contribution in [0.3, 0.4) is 0 Å². The third-order valence-electron chi connectivity index (χ3n) is 3.90. The fourth-order valence-electron chi connectivity index (χ4n) is 2.44. The molecule has 2 aromatic carbocycles. The number of carbonyl (C=O) groups is 1. The number of benzene rings is 2. The first-order valence-corrected chi connectivity index (χ1v) is 8.08. The van der Waals surface area contributed by atoms with E-state index in [0.29, 0.717) is 12.3 Å². The Morgan fingerprint density at radius 1 is 1.08 bits per heavy atom. The van der Waals surface area contributed by atoms with Crippen molar-refractivity contribution in [1.82, 2.24) is 5.32 Å². The lowest BCUT2D eigenvalue weighted by Gasteiger charge is -2.22. The highest BCUT2D eigenvalue weighted by atomic mass is 19.1. The standard InChI is InChI=1S/C19H23FN2O3/c1-22(2)18(14-4-8-16(24-3)9-5-14)12-21-19(23)13-25-17-10-6-15(20)7-11-17/h4-11,18H,12-13H2,1-3H3,(H,21,23)/p+1/t18-/m0/s1. The molecule has 0 saturated carbocycles. The Balaban J connectivity index is 1.87. The van der Waals surface area contributed by atoms with Crippen molar-refractivity contribution in [3.63, 3.8) is 0 Å². The summed E-state index contributed by atoms with van der Waals surface area (Å²) >= 11 is 0. The summed E-state index contributed by atoms with van der Waals surface area (Å²) in [6.45, 7) is 0.379. The number of hydrogen-bond donors (Lipinski definition) is 2. The molecule has 2 rings (SSSR count). The Bertz CT molecular complexity index is 672. The fourth-order valence-corrected chi connectivity index (χ4v) is 2.44. The van der Waals surface area contributed by atoms with Gasteiger partial charge in [-0.2, -0.15) is 0 Å². The van der Waals surface area contributed by atoms with Gasteiger partial charge in [0.2, 0.25) is 0 Å². The van der Waals surface area contributed by atoms with Gasteiger partial charge in [-0.1, -0.05) is 0 Å². The van der Waals surface area contributed by atoms with Crippen molar-refractivity contribution in [3.8, 4) is 11.5 Å². The maximum absolute atomic E-state index is 12.8. The summed E-state index contributed by atoms with van der Waals surface area (Å²) in [6, 6.07) is 13.5. The molecular formula is C19H24FN2O3+. The summed E-state index contributed by atoms with van der Waals surface area (Å²) in [6.07, 6.45) is 0. The Morgan fingerprint density at radius 3 is 2.24 bits per heavy atom. The van der Waals surface area contributed by atoms with Crippen LogP contribution in [-0.2, 0) is 4.79 Å². The van der Waals surface area contributed by atoms with Crippen LogP contribution in [-0.4, -0.2) is 40.3 Å². The number of hydrogen-bond acceptors (Lipinski definition) is 3. The fraction of sp³-hybridized carbons (Fsp3) is 0.316. The first kappa shape index (κ1) is 18.7. The highest BCUT2D eigenvalue weighted by Gasteiger charge is 2.19. The summed E-state index contributed by atoms with van der Waals surface area (Å²) in [5.74, 6) is 0.701. The molecule has 25 heavy (non-hydrogen) atoms. The molecule has 0 aliphatic heterocycles. The second-order valence-electron chi connectivity index (χ2n) is 5.95. The van der Waals surface area contributed by atoms with Gasteiger partial charge in [0.1, 0.15) is 23.4 Å². The van der Waals surface area contributed by atoms with Gasteiger partial charge in [-0.25, -0.2) is 4.39 Å². The van der Waals surface area contributed by atoms with Crippen molar-refractivity contribution in [2.24, 2.45) is 0 Å². The molecule has 0 spiro atoms. The number of nitrogens with one attached hydrogen (secondary N) is 2. The van der Waals surface area contributed by atoms with E-state index < -0.39 is 0 Å². The van der Waals surface area contributed by atoms with Crippen LogP contribution < -0.4 is 19.7 Å². The second kappa shape index (κ2) is 9.03. The van der Waals surface area contributed by atoms with Crippen LogP contribution >= 0.6 is 0 Å². The van der Waals surface area contributed by atoms with Gasteiger partial charge in [0.15, 0.2) is 6.61 Å². The number of carbonyl (C=O) groups excluding carboxylic acids is 1. The topological polar surface area (TPSA) is 52.0 Å². The number of amides is 1. The molecule has 0 aliphatic carbocycles. The van der Waals surface area contributed by atoms with Gasteiger partial charge < -0.3 is 19.7 Å². The lowest BCUT2D eigenvalue weighted by Crippen LogP contribution is -3.07. The molecule has 0 fully saturated rings. The molecular weight excluding hydrogens is 323 g/mol. The van der Waals surface area contributed by atoms with Gasteiger partial charge >= 0.3 is 0 Å².